The summed E-state index contributed by atoms with van der Waals surface area (Å²) < 4.78 is 6.77. The molecule has 22 heavy (non-hydrogen) atoms. The van der Waals surface area contributed by atoms with Crippen LogP contribution in [0.5, 0.6) is 5.75 Å². The zero-order chi connectivity index (χ0) is 16.1. The van der Waals surface area contributed by atoms with Gasteiger partial charge < -0.3 is 10.1 Å². The lowest BCUT2D eigenvalue weighted by molar-refractivity contribution is -0.122. The van der Waals surface area contributed by atoms with E-state index in [1.54, 1.807) is 0 Å². The highest BCUT2D eigenvalue weighted by molar-refractivity contribution is 9.10. The summed E-state index contributed by atoms with van der Waals surface area (Å²) in [6, 6.07) is 13.4. The third-order valence-electron chi connectivity index (χ3n) is 3.62. The van der Waals surface area contributed by atoms with Crippen LogP contribution in [0.4, 0.5) is 5.69 Å². The first-order valence-electron chi connectivity index (χ1n) is 7.31. The van der Waals surface area contributed by atoms with Crippen molar-refractivity contribution in [2.24, 2.45) is 0 Å². The van der Waals surface area contributed by atoms with Crippen LogP contribution in [0.25, 0.3) is 0 Å². The van der Waals surface area contributed by atoms with E-state index in [9.17, 15) is 4.79 Å². The molecule has 0 spiro atoms. The highest BCUT2D eigenvalue weighted by Crippen LogP contribution is 2.24. The number of aryl methyl sites for hydroxylation is 1. The van der Waals surface area contributed by atoms with Gasteiger partial charge in [0.2, 0.25) is 0 Å². The Bertz CT molecular complexity index is 670. The van der Waals surface area contributed by atoms with E-state index in [-0.39, 0.29) is 5.91 Å². The summed E-state index contributed by atoms with van der Waals surface area (Å²) in [4.78, 5) is 12.4. The standard InChI is InChI=1S/C18H20BrNO2/c1-4-16(22-17-11-7-8-12(2)13(17)3)18(21)20-15-10-6-5-9-14(15)19/h5-11,16H,4H2,1-3H3,(H,20,21)/t16-/m0/s1. The van der Waals surface area contributed by atoms with Gasteiger partial charge in [-0.15, -0.1) is 0 Å². The second-order valence-electron chi connectivity index (χ2n) is 5.18. The van der Waals surface area contributed by atoms with Crippen molar-refractivity contribution in [3.63, 3.8) is 0 Å². The van der Waals surface area contributed by atoms with Gasteiger partial charge in [-0.1, -0.05) is 31.2 Å². The molecule has 1 amide bonds. The summed E-state index contributed by atoms with van der Waals surface area (Å²) in [5.41, 5.74) is 2.96. The number of nitrogens with one attached hydrogen (secondary N) is 1. The van der Waals surface area contributed by atoms with Gasteiger partial charge in [0.25, 0.3) is 5.91 Å². The van der Waals surface area contributed by atoms with Crippen molar-refractivity contribution in [2.45, 2.75) is 33.3 Å². The van der Waals surface area contributed by atoms with Crippen molar-refractivity contribution in [3.8, 4) is 5.75 Å². The molecule has 1 N–H and O–H groups in total. The van der Waals surface area contributed by atoms with Crippen molar-refractivity contribution < 1.29 is 9.53 Å². The molecule has 0 saturated carbocycles. The number of amides is 1. The average Bonchev–Trinajstić information content (AvgIpc) is 2.51. The van der Waals surface area contributed by atoms with E-state index in [1.165, 1.54) is 0 Å². The molecule has 4 heteroatoms. The molecule has 1 atom stereocenters. The number of hydrogen-bond donors (Lipinski definition) is 1. The predicted molar refractivity (Wildman–Crippen MR) is 93.4 cm³/mol. The van der Waals surface area contributed by atoms with Crippen LogP contribution in [0, 0.1) is 13.8 Å². The minimum Gasteiger partial charge on any atom is -0.480 e. The summed E-state index contributed by atoms with van der Waals surface area (Å²) >= 11 is 3.43. The zero-order valence-corrected chi connectivity index (χ0v) is 14.6. The number of rotatable bonds is 5. The summed E-state index contributed by atoms with van der Waals surface area (Å²) in [6.07, 6.45) is 0.0801. The van der Waals surface area contributed by atoms with Gasteiger partial charge in [-0.05, 0) is 65.5 Å². The Kier molecular flexibility index (Phi) is 5.61. The van der Waals surface area contributed by atoms with E-state index in [4.69, 9.17) is 4.74 Å². The molecule has 0 bridgehead atoms. The number of halogens is 1. The minimum absolute atomic E-state index is 0.143. The Morgan fingerprint density at radius 3 is 2.59 bits per heavy atom. The number of carbonyl (C=O) groups is 1. The van der Waals surface area contributed by atoms with Gasteiger partial charge in [-0.2, -0.15) is 0 Å². The molecule has 0 unspecified atom stereocenters. The minimum atomic E-state index is -0.521. The smallest absolute Gasteiger partial charge is 0.265 e. The van der Waals surface area contributed by atoms with E-state index in [0.717, 1.165) is 27.0 Å². The van der Waals surface area contributed by atoms with Crippen LogP contribution in [-0.2, 0) is 4.79 Å². The maximum atomic E-state index is 12.4. The first kappa shape index (κ1) is 16.6. The molecule has 2 rings (SSSR count). The molecular weight excluding hydrogens is 342 g/mol. The number of ether oxygens (including phenoxy) is 1. The fraction of sp³-hybridized carbons (Fsp3) is 0.278. The van der Waals surface area contributed by atoms with Crippen molar-refractivity contribution in [2.75, 3.05) is 5.32 Å². The highest BCUT2D eigenvalue weighted by Gasteiger charge is 2.20. The Morgan fingerprint density at radius 1 is 1.18 bits per heavy atom. The van der Waals surface area contributed by atoms with E-state index < -0.39 is 6.10 Å². The number of hydrogen-bond acceptors (Lipinski definition) is 2. The van der Waals surface area contributed by atoms with Gasteiger partial charge in [0, 0.05) is 4.47 Å². The Balaban J connectivity index is 2.13. The highest BCUT2D eigenvalue weighted by atomic mass is 79.9. The SMILES string of the molecule is CC[C@H](Oc1cccc(C)c1C)C(=O)Nc1ccccc1Br. The molecule has 0 saturated heterocycles. The van der Waals surface area contributed by atoms with E-state index >= 15 is 0 Å². The second-order valence-corrected chi connectivity index (χ2v) is 6.04. The second kappa shape index (κ2) is 7.45. The lowest BCUT2D eigenvalue weighted by Gasteiger charge is -2.19. The lowest BCUT2D eigenvalue weighted by atomic mass is 10.1. The normalized spacial score (nSPS) is 11.8. The molecule has 0 fully saturated rings. The van der Waals surface area contributed by atoms with Crippen LogP contribution in [-0.4, -0.2) is 12.0 Å². The number of para-hydroxylation sites is 1. The Morgan fingerprint density at radius 2 is 1.91 bits per heavy atom. The van der Waals surface area contributed by atoms with Crippen LogP contribution >= 0.6 is 15.9 Å². The third kappa shape index (κ3) is 3.89. The first-order chi connectivity index (χ1) is 10.5. The van der Waals surface area contributed by atoms with Gasteiger partial charge in [0.1, 0.15) is 5.75 Å². The number of benzene rings is 2. The van der Waals surface area contributed by atoms with Crippen LogP contribution in [0.1, 0.15) is 24.5 Å². The summed E-state index contributed by atoms with van der Waals surface area (Å²) in [5, 5.41) is 2.90. The van der Waals surface area contributed by atoms with Gasteiger partial charge in [0.15, 0.2) is 6.10 Å². The molecule has 0 aliphatic carbocycles. The molecule has 0 aromatic heterocycles. The van der Waals surface area contributed by atoms with Crippen molar-refractivity contribution >= 4 is 27.5 Å². The van der Waals surface area contributed by atoms with Crippen LogP contribution in [0.3, 0.4) is 0 Å². The molecule has 0 heterocycles. The quantitative estimate of drug-likeness (QED) is 0.825. The Hall–Kier alpha value is -1.81. The monoisotopic (exact) mass is 361 g/mol. The largest absolute Gasteiger partial charge is 0.480 e. The molecular formula is C18H20BrNO2. The summed E-state index contributed by atoms with van der Waals surface area (Å²) in [7, 11) is 0. The molecule has 2 aromatic carbocycles. The summed E-state index contributed by atoms with van der Waals surface area (Å²) in [5.74, 6) is 0.615. The lowest BCUT2D eigenvalue weighted by Crippen LogP contribution is -2.32. The van der Waals surface area contributed by atoms with Gasteiger partial charge >= 0.3 is 0 Å². The van der Waals surface area contributed by atoms with Gasteiger partial charge in [0.05, 0.1) is 5.69 Å². The molecule has 2 aromatic rings. The predicted octanol–water partition coefficient (Wildman–Crippen LogP) is 4.86. The van der Waals surface area contributed by atoms with Crippen molar-refractivity contribution in [1.82, 2.24) is 0 Å². The van der Waals surface area contributed by atoms with Crippen molar-refractivity contribution in [3.05, 3.63) is 58.1 Å². The molecule has 3 nitrogen and oxygen atoms in total. The van der Waals surface area contributed by atoms with E-state index in [0.29, 0.717) is 6.42 Å². The van der Waals surface area contributed by atoms with Crippen molar-refractivity contribution in [1.29, 1.82) is 0 Å². The van der Waals surface area contributed by atoms with Crippen LogP contribution < -0.4 is 10.1 Å². The zero-order valence-electron chi connectivity index (χ0n) is 13.0. The van der Waals surface area contributed by atoms with Gasteiger partial charge in [-0.3, -0.25) is 4.79 Å². The first-order valence-corrected chi connectivity index (χ1v) is 8.10. The molecule has 116 valence electrons. The van der Waals surface area contributed by atoms with Crippen LogP contribution in [0.2, 0.25) is 0 Å². The fourth-order valence-electron chi connectivity index (χ4n) is 2.10. The fourth-order valence-corrected chi connectivity index (χ4v) is 2.49. The maximum Gasteiger partial charge on any atom is 0.265 e. The van der Waals surface area contributed by atoms with Crippen LogP contribution in [0.15, 0.2) is 46.9 Å². The third-order valence-corrected chi connectivity index (χ3v) is 4.31. The topological polar surface area (TPSA) is 38.3 Å². The maximum absolute atomic E-state index is 12.4. The Labute approximate surface area is 139 Å². The number of carbonyl (C=O) groups excluding carboxylic acids is 1. The molecule has 0 aliphatic heterocycles. The van der Waals surface area contributed by atoms with E-state index in [2.05, 4.69) is 21.2 Å². The molecule has 0 radical (unpaired) electrons. The molecule has 0 aliphatic rings. The summed E-state index contributed by atoms with van der Waals surface area (Å²) in [6.45, 7) is 5.97. The van der Waals surface area contributed by atoms with E-state index in [1.807, 2.05) is 63.2 Å². The number of anilines is 1. The van der Waals surface area contributed by atoms with Gasteiger partial charge in [-0.25, -0.2) is 0 Å². The average molecular weight is 362 g/mol.